The maximum absolute atomic E-state index is 13.1. The summed E-state index contributed by atoms with van der Waals surface area (Å²) in [5.41, 5.74) is 2.23. The fourth-order valence-electron chi connectivity index (χ4n) is 3.33. The van der Waals surface area contributed by atoms with Crippen LogP contribution in [0.15, 0.2) is 36.4 Å². The summed E-state index contributed by atoms with van der Waals surface area (Å²) < 4.78 is 10.5. The van der Waals surface area contributed by atoms with Crippen LogP contribution in [0.3, 0.4) is 0 Å². The zero-order valence-electron chi connectivity index (χ0n) is 16.4. The number of halogens is 1. The molecule has 1 atom stereocenters. The number of aryl methyl sites for hydroxylation is 1. The Labute approximate surface area is 169 Å². The van der Waals surface area contributed by atoms with Crippen LogP contribution in [0.1, 0.15) is 17.5 Å². The minimum absolute atomic E-state index is 0.121. The Hall–Kier alpha value is -2.57. The molecule has 1 aliphatic rings. The summed E-state index contributed by atoms with van der Waals surface area (Å²) in [5, 5.41) is 0.521. The van der Waals surface area contributed by atoms with E-state index in [1.165, 1.54) is 12.0 Å². The number of anilines is 1. The fraction of sp³-hybridized carbons (Fsp3) is 0.333. The van der Waals surface area contributed by atoms with Crippen molar-refractivity contribution in [1.82, 2.24) is 4.90 Å². The average Bonchev–Trinajstić information content (AvgIpc) is 2.98. The van der Waals surface area contributed by atoms with E-state index in [0.717, 1.165) is 16.9 Å². The van der Waals surface area contributed by atoms with Gasteiger partial charge in [0.2, 0.25) is 5.91 Å². The highest BCUT2D eigenvalue weighted by Crippen LogP contribution is 2.37. The number of ether oxygens (including phenoxy) is 2. The molecule has 7 heteroatoms. The maximum Gasteiger partial charge on any atom is 0.251 e. The number of carbonyl (C=O) groups excluding carboxylic acids is 2. The predicted octanol–water partition coefficient (Wildman–Crippen LogP) is 3.43. The molecule has 28 heavy (non-hydrogen) atoms. The summed E-state index contributed by atoms with van der Waals surface area (Å²) in [4.78, 5) is 28.8. The zero-order chi connectivity index (χ0) is 20.4. The van der Waals surface area contributed by atoms with Crippen LogP contribution in [-0.4, -0.2) is 44.0 Å². The summed E-state index contributed by atoms with van der Waals surface area (Å²) in [6.07, 6.45) is 0.121. The minimum Gasteiger partial charge on any atom is -0.497 e. The first-order chi connectivity index (χ1) is 13.3. The number of methoxy groups -OCH3 is 2. The number of benzene rings is 2. The zero-order valence-corrected chi connectivity index (χ0v) is 17.1. The summed E-state index contributed by atoms with van der Waals surface area (Å²) in [5.74, 6) is 0.656. The Morgan fingerprint density at radius 1 is 1.14 bits per heavy atom. The lowest BCUT2D eigenvalue weighted by Gasteiger charge is -2.24. The Balaban J connectivity index is 1.82. The third-order valence-corrected chi connectivity index (χ3v) is 5.35. The normalized spacial score (nSPS) is 16.8. The summed E-state index contributed by atoms with van der Waals surface area (Å²) in [7, 11) is 4.95. The molecule has 0 radical (unpaired) electrons. The molecular formula is C21H23ClN2O4. The van der Waals surface area contributed by atoms with E-state index in [1.807, 2.05) is 43.1 Å². The van der Waals surface area contributed by atoms with E-state index in [4.69, 9.17) is 21.1 Å². The third-order valence-electron chi connectivity index (χ3n) is 4.95. The van der Waals surface area contributed by atoms with Gasteiger partial charge in [0.25, 0.3) is 5.91 Å². The second-order valence-electron chi connectivity index (χ2n) is 6.82. The average molecular weight is 403 g/mol. The summed E-state index contributed by atoms with van der Waals surface area (Å²) in [6, 6.07) is 10.4. The molecule has 0 N–H and O–H groups in total. The van der Waals surface area contributed by atoms with Gasteiger partial charge in [-0.15, -0.1) is 0 Å². The summed E-state index contributed by atoms with van der Waals surface area (Å²) >= 11 is 6.15. The second kappa shape index (κ2) is 8.20. The quantitative estimate of drug-likeness (QED) is 0.693. The number of carbonyl (C=O) groups is 2. The number of amides is 2. The van der Waals surface area contributed by atoms with Crippen LogP contribution < -0.4 is 14.4 Å². The third kappa shape index (κ3) is 3.84. The van der Waals surface area contributed by atoms with Crippen molar-refractivity contribution in [3.05, 3.63) is 52.5 Å². The Morgan fingerprint density at radius 3 is 2.43 bits per heavy atom. The van der Waals surface area contributed by atoms with Gasteiger partial charge < -0.3 is 9.47 Å². The van der Waals surface area contributed by atoms with Crippen LogP contribution in [0.5, 0.6) is 11.5 Å². The molecule has 148 valence electrons. The molecule has 2 aromatic rings. The van der Waals surface area contributed by atoms with Gasteiger partial charge >= 0.3 is 0 Å². The highest BCUT2D eigenvalue weighted by molar-refractivity contribution is 6.32. The van der Waals surface area contributed by atoms with E-state index in [2.05, 4.69) is 0 Å². The lowest BCUT2D eigenvalue weighted by molar-refractivity contribution is -0.122. The van der Waals surface area contributed by atoms with Gasteiger partial charge in [0.05, 0.1) is 32.4 Å². The van der Waals surface area contributed by atoms with Crippen LogP contribution in [0.2, 0.25) is 5.02 Å². The molecular weight excluding hydrogens is 380 g/mol. The van der Waals surface area contributed by atoms with Gasteiger partial charge in [0, 0.05) is 17.6 Å². The van der Waals surface area contributed by atoms with E-state index < -0.39 is 6.04 Å². The monoisotopic (exact) mass is 402 g/mol. The van der Waals surface area contributed by atoms with Crippen molar-refractivity contribution in [2.45, 2.75) is 25.9 Å². The molecule has 1 saturated heterocycles. The molecule has 1 unspecified atom stereocenters. The molecule has 3 rings (SSSR count). The Kier molecular flexibility index (Phi) is 5.91. The van der Waals surface area contributed by atoms with Crippen molar-refractivity contribution in [1.29, 1.82) is 0 Å². The van der Waals surface area contributed by atoms with Gasteiger partial charge in [-0.1, -0.05) is 23.7 Å². The standard InChI is InChI=1S/C21H23ClN2O4/c1-13-9-17(19(28-4)10-16(13)22)24-20(25)11-18(21(24)26)23(2)12-14-5-7-15(27-3)8-6-14/h5-10,18H,11-12H2,1-4H3. The van der Waals surface area contributed by atoms with Crippen molar-refractivity contribution < 1.29 is 19.1 Å². The molecule has 0 aromatic heterocycles. The first-order valence-corrected chi connectivity index (χ1v) is 9.27. The number of likely N-dealkylation sites (N-methyl/N-ethyl adjacent to an activating group) is 1. The number of imide groups is 1. The van der Waals surface area contributed by atoms with E-state index in [9.17, 15) is 9.59 Å². The largest absolute Gasteiger partial charge is 0.497 e. The van der Waals surface area contributed by atoms with Crippen LogP contribution in [0.25, 0.3) is 0 Å². The van der Waals surface area contributed by atoms with E-state index in [0.29, 0.717) is 23.0 Å². The molecule has 0 bridgehead atoms. The molecule has 0 aliphatic carbocycles. The SMILES string of the molecule is COc1ccc(CN(C)C2CC(=O)N(c3cc(C)c(Cl)cc3OC)C2=O)cc1. The number of nitrogens with zero attached hydrogens (tertiary/aromatic N) is 2. The smallest absolute Gasteiger partial charge is 0.251 e. The van der Waals surface area contributed by atoms with Crippen molar-refractivity contribution in [3.8, 4) is 11.5 Å². The van der Waals surface area contributed by atoms with Crippen LogP contribution in [0.4, 0.5) is 5.69 Å². The van der Waals surface area contributed by atoms with Crippen molar-refractivity contribution in [2.75, 3.05) is 26.2 Å². The summed E-state index contributed by atoms with van der Waals surface area (Å²) in [6.45, 7) is 2.36. The van der Waals surface area contributed by atoms with Crippen molar-refractivity contribution in [2.24, 2.45) is 0 Å². The van der Waals surface area contributed by atoms with Crippen molar-refractivity contribution >= 4 is 29.1 Å². The molecule has 0 spiro atoms. The lowest BCUT2D eigenvalue weighted by Crippen LogP contribution is -2.39. The highest BCUT2D eigenvalue weighted by Gasteiger charge is 2.42. The van der Waals surface area contributed by atoms with Gasteiger partial charge in [0.15, 0.2) is 0 Å². The van der Waals surface area contributed by atoms with Gasteiger partial charge in [-0.3, -0.25) is 14.5 Å². The Bertz CT molecular complexity index is 898. The number of rotatable bonds is 6. The molecule has 0 saturated carbocycles. The lowest BCUT2D eigenvalue weighted by atomic mass is 10.1. The first-order valence-electron chi connectivity index (χ1n) is 8.89. The van der Waals surface area contributed by atoms with Gasteiger partial charge in [-0.25, -0.2) is 4.90 Å². The molecule has 1 heterocycles. The molecule has 1 aliphatic heterocycles. The molecule has 2 amide bonds. The topological polar surface area (TPSA) is 59.1 Å². The van der Waals surface area contributed by atoms with Crippen LogP contribution >= 0.6 is 11.6 Å². The van der Waals surface area contributed by atoms with E-state index in [-0.39, 0.29) is 18.2 Å². The number of hydrogen-bond acceptors (Lipinski definition) is 5. The highest BCUT2D eigenvalue weighted by atomic mass is 35.5. The van der Waals surface area contributed by atoms with E-state index in [1.54, 1.807) is 19.2 Å². The molecule has 2 aromatic carbocycles. The van der Waals surface area contributed by atoms with Gasteiger partial charge in [0.1, 0.15) is 11.5 Å². The molecule has 6 nitrogen and oxygen atoms in total. The second-order valence-corrected chi connectivity index (χ2v) is 7.23. The Morgan fingerprint density at radius 2 is 1.82 bits per heavy atom. The molecule has 1 fully saturated rings. The van der Waals surface area contributed by atoms with Crippen LogP contribution in [0, 0.1) is 6.92 Å². The maximum atomic E-state index is 13.1. The van der Waals surface area contributed by atoms with Crippen LogP contribution in [-0.2, 0) is 16.1 Å². The first kappa shape index (κ1) is 20.2. The van der Waals surface area contributed by atoms with Crippen molar-refractivity contribution in [3.63, 3.8) is 0 Å². The number of hydrogen-bond donors (Lipinski definition) is 0. The van der Waals surface area contributed by atoms with E-state index >= 15 is 0 Å². The fourth-order valence-corrected chi connectivity index (χ4v) is 3.48. The van der Waals surface area contributed by atoms with Gasteiger partial charge in [-0.2, -0.15) is 0 Å². The minimum atomic E-state index is -0.532. The van der Waals surface area contributed by atoms with Gasteiger partial charge in [-0.05, 0) is 43.3 Å². The predicted molar refractivity (Wildman–Crippen MR) is 108 cm³/mol.